The summed E-state index contributed by atoms with van der Waals surface area (Å²) in [4.78, 5) is 12.0. The molecule has 122 valence electrons. The van der Waals surface area contributed by atoms with E-state index < -0.39 is 0 Å². The Morgan fingerprint density at radius 3 is 2.88 bits per heavy atom. The highest BCUT2D eigenvalue weighted by Crippen LogP contribution is 2.41. The van der Waals surface area contributed by atoms with Crippen molar-refractivity contribution >= 4 is 34.1 Å². The van der Waals surface area contributed by atoms with E-state index in [1.54, 1.807) is 11.3 Å². The highest BCUT2D eigenvalue weighted by molar-refractivity contribution is 7.11. The van der Waals surface area contributed by atoms with E-state index in [1.165, 1.54) is 53.8 Å². The molecule has 0 spiro atoms. The normalized spacial score (nSPS) is 26.6. The van der Waals surface area contributed by atoms with E-state index in [-0.39, 0.29) is 0 Å². The van der Waals surface area contributed by atoms with Crippen molar-refractivity contribution in [2.24, 2.45) is 10.9 Å². The number of rotatable bonds is 3. The van der Waals surface area contributed by atoms with Gasteiger partial charge in [-0.1, -0.05) is 6.07 Å². The van der Waals surface area contributed by atoms with Crippen molar-refractivity contribution in [2.75, 3.05) is 19.6 Å². The van der Waals surface area contributed by atoms with Crippen LogP contribution in [-0.4, -0.2) is 35.7 Å². The lowest BCUT2D eigenvalue weighted by molar-refractivity contribution is 0.0876. The molecule has 6 rings (SSSR count). The summed E-state index contributed by atoms with van der Waals surface area (Å²) < 4.78 is 0. The Morgan fingerprint density at radius 1 is 1.21 bits per heavy atom. The van der Waals surface area contributed by atoms with Gasteiger partial charge in [0.25, 0.3) is 0 Å². The summed E-state index contributed by atoms with van der Waals surface area (Å²) >= 11 is 1.72. The minimum absolute atomic E-state index is 0.678. The summed E-state index contributed by atoms with van der Waals surface area (Å²) in [6.07, 6.45) is 6.91. The first kappa shape index (κ1) is 14.4. The lowest BCUT2D eigenvalue weighted by atomic mass is 9.75. The quantitative estimate of drug-likeness (QED) is 0.686. The molecule has 2 aromatic heterocycles. The molecule has 0 aliphatic carbocycles. The molecule has 2 bridgehead atoms. The van der Waals surface area contributed by atoms with Crippen LogP contribution in [-0.2, 0) is 0 Å². The fourth-order valence-electron chi connectivity index (χ4n) is 4.34. The van der Waals surface area contributed by atoms with E-state index in [9.17, 15) is 0 Å². The van der Waals surface area contributed by atoms with Crippen molar-refractivity contribution in [2.45, 2.75) is 18.8 Å². The molecule has 5 heterocycles. The number of nitrogens with zero attached hydrogens (tertiary/aromatic N) is 2. The summed E-state index contributed by atoms with van der Waals surface area (Å²) in [5, 5.41) is 3.44. The van der Waals surface area contributed by atoms with Crippen LogP contribution in [0, 0.1) is 5.92 Å². The molecule has 1 N–H and O–H groups in total. The van der Waals surface area contributed by atoms with Crippen LogP contribution in [0.5, 0.6) is 0 Å². The summed E-state index contributed by atoms with van der Waals surface area (Å²) in [7, 11) is 0. The van der Waals surface area contributed by atoms with Gasteiger partial charge < -0.3 is 9.88 Å². The van der Waals surface area contributed by atoms with Crippen LogP contribution < -0.4 is 0 Å². The maximum Gasteiger partial charge on any atom is 0.0637 e. The zero-order valence-electron chi connectivity index (χ0n) is 13.6. The molecule has 4 heteroatoms. The minimum Gasteiger partial charge on any atom is -0.361 e. The van der Waals surface area contributed by atoms with Gasteiger partial charge in [-0.25, -0.2) is 0 Å². The molecule has 3 aromatic rings. The summed E-state index contributed by atoms with van der Waals surface area (Å²) in [5.41, 5.74) is 3.77. The molecule has 0 saturated carbocycles. The predicted molar refractivity (Wildman–Crippen MR) is 102 cm³/mol. The van der Waals surface area contributed by atoms with Gasteiger partial charge in [-0.2, -0.15) is 0 Å². The van der Waals surface area contributed by atoms with Crippen molar-refractivity contribution in [3.8, 4) is 0 Å². The third-order valence-electron chi connectivity index (χ3n) is 5.64. The fraction of sp³-hybridized carbons (Fsp3) is 0.350. The number of aliphatic imine (C=N–C) groups is 1. The topological polar surface area (TPSA) is 31.4 Å². The monoisotopic (exact) mass is 335 g/mol. The fourth-order valence-corrected chi connectivity index (χ4v) is 4.92. The lowest BCUT2D eigenvalue weighted by Crippen LogP contribution is -2.46. The van der Waals surface area contributed by atoms with Gasteiger partial charge in [-0.15, -0.1) is 11.3 Å². The number of nitrogens with one attached hydrogen (secondary N) is 1. The number of hydrogen-bond donors (Lipinski definition) is 1. The summed E-state index contributed by atoms with van der Waals surface area (Å²) in [6, 6.07) is 10.7. The van der Waals surface area contributed by atoms with Crippen molar-refractivity contribution in [3.05, 3.63) is 52.3 Å². The van der Waals surface area contributed by atoms with Gasteiger partial charge in [0.05, 0.1) is 5.69 Å². The molecule has 3 aliphatic heterocycles. The number of fused-ring (bicyclic) bond motifs is 4. The van der Waals surface area contributed by atoms with Crippen molar-refractivity contribution in [1.82, 2.24) is 9.88 Å². The van der Waals surface area contributed by atoms with Crippen molar-refractivity contribution in [1.29, 1.82) is 0 Å². The van der Waals surface area contributed by atoms with Crippen LogP contribution in [0.3, 0.4) is 0 Å². The summed E-state index contributed by atoms with van der Waals surface area (Å²) in [6.45, 7) is 3.81. The first-order valence-electron chi connectivity index (χ1n) is 8.78. The molecule has 1 unspecified atom stereocenters. The van der Waals surface area contributed by atoms with E-state index in [1.807, 2.05) is 6.21 Å². The lowest BCUT2D eigenvalue weighted by Gasteiger charge is -2.44. The largest absolute Gasteiger partial charge is 0.361 e. The number of aromatic amines is 1. The highest BCUT2D eigenvalue weighted by Gasteiger charge is 2.35. The Bertz CT molecular complexity index is 870. The summed E-state index contributed by atoms with van der Waals surface area (Å²) in [5.74, 6) is 1.53. The van der Waals surface area contributed by atoms with E-state index in [0.717, 1.165) is 11.6 Å². The Morgan fingerprint density at radius 2 is 2.12 bits per heavy atom. The van der Waals surface area contributed by atoms with Crippen LogP contribution in [0.2, 0.25) is 0 Å². The second kappa shape index (κ2) is 5.87. The first-order valence-corrected chi connectivity index (χ1v) is 9.66. The van der Waals surface area contributed by atoms with Crippen LogP contribution in [0.4, 0.5) is 5.69 Å². The molecule has 3 saturated heterocycles. The highest BCUT2D eigenvalue weighted by atomic mass is 32.1. The van der Waals surface area contributed by atoms with Crippen LogP contribution in [0.25, 0.3) is 10.9 Å². The van der Waals surface area contributed by atoms with Crippen molar-refractivity contribution in [3.63, 3.8) is 0 Å². The Kier molecular flexibility index (Phi) is 3.53. The van der Waals surface area contributed by atoms with E-state index in [4.69, 9.17) is 0 Å². The zero-order chi connectivity index (χ0) is 15.9. The molecular weight excluding hydrogens is 314 g/mol. The predicted octanol–water partition coefficient (Wildman–Crippen LogP) is 4.79. The first-order chi connectivity index (χ1) is 11.9. The number of H-pyrrole nitrogens is 1. The maximum atomic E-state index is 4.67. The Hall–Kier alpha value is -1.91. The Labute approximate surface area is 146 Å². The maximum absolute atomic E-state index is 4.67. The average molecular weight is 335 g/mol. The van der Waals surface area contributed by atoms with E-state index in [0.29, 0.717) is 5.92 Å². The molecule has 3 nitrogen and oxygen atoms in total. The second-order valence-electron chi connectivity index (χ2n) is 6.99. The van der Waals surface area contributed by atoms with Crippen LogP contribution in [0.15, 0.2) is 46.9 Å². The molecule has 1 atom stereocenters. The number of benzene rings is 1. The Balaban J connectivity index is 1.50. The minimum atomic E-state index is 0.678. The van der Waals surface area contributed by atoms with E-state index >= 15 is 0 Å². The van der Waals surface area contributed by atoms with Crippen LogP contribution in [0.1, 0.15) is 29.2 Å². The van der Waals surface area contributed by atoms with Crippen molar-refractivity contribution < 1.29 is 0 Å². The van der Waals surface area contributed by atoms with Gasteiger partial charge in [0, 0.05) is 40.7 Å². The molecular formula is C20H21N3S. The molecule has 3 aliphatic rings. The van der Waals surface area contributed by atoms with Gasteiger partial charge in [0.1, 0.15) is 0 Å². The molecule has 0 amide bonds. The molecule has 24 heavy (non-hydrogen) atoms. The number of hydrogen-bond acceptors (Lipinski definition) is 3. The van der Waals surface area contributed by atoms with Gasteiger partial charge in [-0.05, 0) is 67.1 Å². The third-order valence-corrected chi connectivity index (χ3v) is 6.44. The van der Waals surface area contributed by atoms with Gasteiger partial charge in [-0.3, -0.25) is 4.99 Å². The third kappa shape index (κ3) is 2.50. The second-order valence-corrected chi connectivity index (χ2v) is 7.97. The number of piperidine rings is 3. The van der Waals surface area contributed by atoms with Crippen LogP contribution >= 0.6 is 11.3 Å². The van der Waals surface area contributed by atoms with Gasteiger partial charge in [0.15, 0.2) is 0 Å². The molecule has 1 aromatic carbocycles. The zero-order valence-corrected chi connectivity index (χ0v) is 14.4. The number of aromatic nitrogens is 1. The standard InChI is InChI=1S/C20H21N3S/c1-2-16(24-9-1)11-21-15-3-4-20-17(10-15)18(12-22-20)19-13-23-7-5-14(19)6-8-23/h1-4,9-12,14,19,22H,5-8,13H2. The smallest absolute Gasteiger partial charge is 0.0637 e. The molecule has 0 radical (unpaired) electrons. The SMILES string of the molecule is C(=Nc1ccc2[nH]cc(C3CN4CCC3CC4)c2c1)c1cccs1. The molecule has 3 fully saturated rings. The van der Waals surface area contributed by atoms with E-state index in [2.05, 4.69) is 56.8 Å². The van der Waals surface area contributed by atoms with Gasteiger partial charge >= 0.3 is 0 Å². The average Bonchev–Trinajstić information content (AvgIpc) is 3.30. The van der Waals surface area contributed by atoms with Gasteiger partial charge in [0.2, 0.25) is 0 Å². The number of thiophene rings is 1.